The van der Waals surface area contributed by atoms with Gasteiger partial charge in [-0.25, -0.2) is 15.0 Å². The van der Waals surface area contributed by atoms with Gasteiger partial charge >= 0.3 is 0 Å². The van der Waals surface area contributed by atoms with Crippen molar-refractivity contribution in [2.45, 2.75) is 5.41 Å². The van der Waals surface area contributed by atoms with Gasteiger partial charge in [0, 0.05) is 22.3 Å². The van der Waals surface area contributed by atoms with E-state index in [0.717, 1.165) is 55.8 Å². The SMILES string of the molecule is c1ccc(-c2nc(-c3cccc(-c4ccc5c(c4)Oc4ccc6c(c4O5)-c4ccccc4C6(c4ccccc4)c4ccccc4)c3)nc(-c3ccccc3-c3ccccc3)n2)cc1. The van der Waals surface area contributed by atoms with Gasteiger partial charge in [-0.05, 0) is 74.3 Å². The molecule has 0 fully saturated rings. The molecule has 0 spiro atoms. The maximum atomic E-state index is 6.93. The Bertz CT molecular complexity index is 3300. The number of hydrogen-bond acceptors (Lipinski definition) is 5. The average Bonchev–Trinajstić information content (AvgIpc) is 3.68. The largest absolute Gasteiger partial charge is 0.449 e. The Morgan fingerprint density at radius 2 is 0.825 bits per heavy atom. The van der Waals surface area contributed by atoms with E-state index >= 15 is 0 Å². The first-order valence-corrected chi connectivity index (χ1v) is 21.2. The van der Waals surface area contributed by atoms with Crippen molar-refractivity contribution in [2.75, 3.05) is 0 Å². The van der Waals surface area contributed by atoms with Crippen molar-refractivity contribution in [2.24, 2.45) is 0 Å². The Labute approximate surface area is 365 Å². The van der Waals surface area contributed by atoms with Gasteiger partial charge in [-0.3, -0.25) is 0 Å². The van der Waals surface area contributed by atoms with Gasteiger partial charge in [0.25, 0.3) is 0 Å². The van der Waals surface area contributed by atoms with Crippen LogP contribution < -0.4 is 9.47 Å². The zero-order valence-electron chi connectivity index (χ0n) is 34.0. The molecule has 0 bridgehead atoms. The van der Waals surface area contributed by atoms with Gasteiger partial charge in [-0.2, -0.15) is 0 Å². The Hall–Kier alpha value is -8.41. The lowest BCUT2D eigenvalue weighted by atomic mass is 9.68. The lowest BCUT2D eigenvalue weighted by Gasteiger charge is -2.34. The summed E-state index contributed by atoms with van der Waals surface area (Å²) in [5.41, 5.74) is 13.3. The summed E-state index contributed by atoms with van der Waals surface area (Å²) < 4.78 is 13.7. The van der Waals surface area contributed by atoms with Crippen LogP contribution in [0.25, 0.3) is 67.5 Å². The molecule has 5 nitrogen and oxygen atoms in total. The first kappa shape index (κ1) is 36.4. The van der Waals surface area contributed by atoms with Crippen LogP contribution in [0, 0.1) is 0 Å². The van der Waals surface area contributed by atoms with Crippen molar-refractivity contribution in [3.05, 3.63) is 247 Å². The van der Waals surface area contributed by atoms with E-state index in [1.54, 1.807) is 0 Å². The van der Waals surface area contributed by atoms with Gasteiger partial charge in [0.05, 0.1) is 5.41 Å². The second-order valence-electron chi connectivity index (χ2n) is 15.9. The molecular weight excluding hydrogens is 771 g/mol. The highest BCUT2D eigenvalue weighted by molar-refractivity contribution is 5.92. The van der Waals surface area contributed by atoms with Crippen LogP contribution in [0.2, 0.25) is 0 Å². The number of fused-ring (bicyclic) bond motifs is 6. The lowest BCUT2D eigenvalue weighted by molar-refractivity contribution is 0.360. The van der Waals surface area contributed by atoms with E-state index < -0.39 is 5.41 Å². The molecule has 9 aromatic carbocycles. The van der Waals surface area contributed by atoms with E-state index in [2.05, 4.69) is 170 Å². The second kappa shape index (κ2) is 14.9. The van der Waals surface area contributed by atoms with E-state index in [1.807, 2.05) is 54.6 Å². The van der Waals surface area contributed by atoms with Crippen LogP contribution in [-0.2, 0) is 5.41 Å². The van der Waals surface area contributed by atoms with Crippen LogP contribution in [-0.4, -0.2) is 15.0 Å². The van der Waals surface area contributed by atoms with Crippen molar-refractivity contribution >= 4 is 0 Å². The maximum absolute atomic E-state index is 6.93. The summed E-state index contributed by atoms with van der Waals surface area (Å²) in [7, 11) is 0. The van der Waals surface area contributed by atoms with Crippen molar-refractivity contribution in [3.8, 4) is 90.5 Å². The van der Waals surface area contributed by atoms with E-state index in [1.165, 1.54) is 22.3 Å². The standard InChI is InChI=1S/C58H37N3O2/c1-5-18-38(19-6-1)45-28-13-14-29-46(45)57-60-55(39-20-7-2-8-21-39)59-56(61-57)42-23-17-22-40(36-42)41-32-34-50-52(37-41)62-51-35-33-49-53(54(51)63-50)47-30-15-16-31-48(47)58(49,43-24-9-3-10-25-43)44-26-11-4-12-27-44/h1-37H. The number of benzene rings is 9. The van der Waals surface area contributed by atoms with Crippen molar-refractivity contribution < 1.29 is 9.47 Å². The third-order valence-electron chi connectivity index (χ3n) is 12.3. The van der Waals surface area contributed by atoms with Gasteiger partial charge < -0.3 is 9.47 Å². The number of hydrogen-bond donors (Lipinski definition) is 0. The highest BCUT2D eigenvalue weighted by Gasteiger charge is 2.48. The molecule has 0 atom stereocenters. The summed E-state index contributed by atoms with van der Waals surface area (Å²) in [6, 6.07) is 77.8. The van der Waals surface area contributed by atoms with Crippen LogP contribution in [0.1, 0.15) is 22.3 Å². The van der Waals surface area contributed by atoms with Crippen molar-refractivity contribution in [1.29, 1.82) is 0 Å². The summed E-state index contributed by atoms with van der Waals surface area (Å²) in [6.07, 6.45) is 0. The van der Waals surface area contributed by atoms with E-state index in [0.29, 0.717) is 34.7 Å². The zero-order chi connectivity index (χ0) is 41.7. The molecule has 1 aliphatic carbocycles. The number of aromatic nitrogens is 3. The first-order chi connectivity index (χ1) is 31.2. The van der Waals surface area contributed by atoms with Gasteiger partial charge in [0.15, 0.2) is 40.5 Å². The summed E-state index contributed by atoms with van der Waals surface area (Å²) in [5, 5.41) is 0. The Morgan fingerprint density at radius 3 is 1.54 bits per heavy atom. The third kappa shape index (κ3) is 6.05. The molecule has 0 unspecified atom stereocenters. The highest BCUT2D eigenvalue weighted by Crippen LogP contribution is 2.62. The van der Waals surface area contributed by atoms with Crippen molar-refractivity contribution in [3.63, 3.8) is 0 Å². The molecule has 0 saturated carbocycles. The predicted octanol–water partition coefficient (Wildman–Crippen LogP) is 14.5. The van der Waals surface area contributed by atoms with Gasteiger partial charge in [-0.1, -0.05) is 200 Å². The van der Waals surface area contributed by atoms with Crippen LogP contribution in [0.15, 0.2) is 224 Å². The molecule has 0 N–H and O–H groups in total. The average molecular weight is 808 g/mol. The fraction of sp³-hybridized carbons (Fsp3) is 0.0172. The van der Waals surface area contributed by atoms with E-state index in [4.69, 9.17) is 24.4 Å². The fourth-order valence-corrected chi connectivity index (χ4v) is 9.47. The summed E-state index contributed by atoms with van der Waals surface area (Å²) in [4.78, 5) is 15.3. The fourth-order valence-electron chi connectivity index (χ4n) is 9.47. The molecule has 1 aromatic heterocycles. The second-order valence-corrected chi connectivity index (χ2v) is 15.9. The smallest absolute Gasteiger partial charge is 0.178 e. The van der Waals surface area contributed by atoms with Gasteiger partial charge in [-0.15, -0.1) is 0 Å². The molecule has 63 heavy (non-hydrogen) atoms. The molecule has 2 heterocycles. The van der Waals surface area contributed by atoms with E-state index in [9.17, 15) is 0 Å². The Kier molecular flexibility index (Phi) is 8.64. The number of nitrogens with zero attached hydrogens (tertiary/aromatic N) is 3. The van der Waals surface area contributed by atoms with Crippen molar-refractivity contribution in [1.82, 2.24) is 15.0 Å². The molecule has 10 aromatic rings. The Balaban J connectivity index is 0.932. The summed E-state index contributed by atoms with van der Waals surface area (Å²) in [6.45, 7) is 0. The number of ether oxygens (including phenoxy) is 2. The topological polar surface area (TPSA) is 57.1 Å². The van der Waals surface area contributed by atoms with Gasteiger partial charge in [0.2, 0.25) is 0 Å². The van der Waals surface area contributed by atoms with Crippen LogP contribution in [0.4, 0.5) is 0 Å². The molecule has 0 amide bonds. The molecule has 0 saturated heterocycles. The minimum atomic E-state index is -0.533. The maximum Gasteiger partial charge on any atom is 0.178 e. The minimum Gasteiger partial charge on any atom is -0.449 e. The Morgan fingerprint density at radius 1 is 0.302 bits per heavy atom. The normalized spacial score (nSPS) is 12.8. The van der Waals surface area contributed by atoms with Gasteiger partial charge in [0.1, 0.15) is 0 Å². The summed E-state index contributed by atoms with van der Waals surface area (Å²) >= 11 is 0. The molecular formula is C58H37N3O2. The molecule has 12 rings (SSSR count). The number of rotatable bonds is 7. The van der Waals surface area contributed by atoms with Crippen LogP contribution >= 0.6 is 0 Å². The molecule has 5 heteroatoms. The first-order valence-electron chi connectivity index (χ1n) is 21.2. The lowest BCUT2D eigenvalue weighted by Crippen LogP contribution is -2.28. The molecule has 296 valence electrons. The molecule has 2 aliphatic rings. The molecule has 1 aliphatic heterocycles. The third-order valence-corrected chi connectivity index (χ3v) is 12.3. The summed E-state index contributed by atoms with van der Waals surface area (Å²) in [5.74, 6) is 4.54. The van der Waals surface area contributed by atoms with E-state index in [-0.39, 0.29) is 0 Å². The highest BCUT2D eigenvalue weighted by atomic mass is 16.6. The molecule has 0 radical (unpaired) electrons. The monoisotopic (exact) mass is 807 g/mol. The zero-order valence-corrected chi connectivity index (χ0v) is 34.0. The quantitative estimate of drug-likeness (QED) is 0.161. The predicted molar refractivity (Wildman–Crippen MR) is 251 cm³/mol. The minimum absolute atomic E-state index is 0.533. The van der Waals surface area contributed by atoms with Crippen LogP contribution in [0.5, 0.6) is 23.0 Å². The van der Waals surface area contributed by atoms with Crippen LogP contribution in [0.3, 0.4) is 0 Å².